The number of methoxy groups -OCH3 is 2. The van der Waals surface area contributed by atoms with Crippen molar-refractivity contribution in [2.45, 2.75) is 31.5 Å². The van der Waals surface area contributed by atoms with Crippen molar-refractivity contribution in [1.82, 2.24) is 24.8 Å². The number of hydrogen-bond acceptors (Lipinski definition) is 9. The predicted molar refractivity (Wildman–Crippen MR) is 174 cm³/mol. The number of hydrogen-bond donors (Lipinski definition) is 2. The highest BCUT2D eigenvalue weighted by molar-refractivity contribution is 6.39. The Labute approximate surface area is 276 Å². The van der Waals surface area contributed by atoms with Gasteiger partial charge in [-0.2, -0.15) is 0 Å². The number of benzene rings is 2. The van der Waals surface area contributed by atoms with Crippen LogP contribution in [0.5, 0.6) is 11.8 Å². The molecule has 2 aliphatic heterocycles. The summed E-state index contributed by atoms with van der Waals surface area (Å²) in [5.74, 6) is -0.124. The number of β-amino-alcohol motifs (C(OH)–C–C–N with tert-alkyl or cyclic N) is 1. The molecule has 1 unspecified atom stereocenters. The Hall–Kier alpha value is -3.80. The second-order valence-corrected chi connectivity index (χ2v) is 12.8. The molecule has 2 aromatic carbocycles. The van der Waals surface area contributed by atoms with Gasteiger partial charge in [-0.3, -0.25) is 19.6 Å². The molecule has 2 saturated heterocycles. The van der Waals surface area contributed by atoms with Crippen molar-refractivity contribution in [2.24, 2.45) is 5.92 Å². The summed E-state index contributed by atoms with van der Waals surface area (Å²) in [7, 11) is 3.18. The molecule has 12 heteroatoms. The minimum absolute atomic E-state index is 0.0878. The minimum atomic E-state index is -0.750. The van der Waals surface area contributed by atoms with Gasteiger partial charge in [0.2, 0.25) is 11.8 Å². The van der Waals surface area contributed by atoms with Crippen molar-refractivity contribution >= 4 is 29.2 Å². The standard InChI is InChI=1S/C34H33Cl2N5O5/c1-45-32-27(17-40-15-20(42)16-40)37-12-26(39-32)24-8-4-6-22(31(24)36)21-5-3-7-23(30(21)35)25-11-18-9-10-28(29(18)33(38-25)46-2)41-13-19(14-41)34(43)44/h3-8,11-12,19-20,28,42H,9-10,13-17H2,1-2H3,(H,43,44). The first-order chi connectivity index (χ1) is 22.2. The molecule has 2 N–H and O–H groups in total. The van der Waals surface area contributed by atoms with Crippen LogP contribution in [0.25, 0.3) is 33.6 Å². The van der Waals surface area contributed by atoms with Crippen molar-refractivity contribution in [1.29, 1.82) is 0 Å². The summed E-state index contributed by atoms with van der Waals surface area (Å²) in [6, 6.07) is 13.7. The molecule has 0 spiro atoms. The molecule has 10 nitrogen and oxygen atoms in total. The number of aliphatic hydroxyl groups excluding tert-OH is 1. The number of nitrogens with zero attached hydrogens (tertiary/aromatic N) is 5. The van der Waals surface area contributed by atoms with Crippen molar-refractivity contribution in [3.05, 3.63) is 75.5 Å². The molecule has 0 amide bonds. The number of halogens is 2. The first-order valence-corrected chi connectivity index (χ1v) is 15.9. The minimum Gasteiger partial charge on any atom is -0.481 e. The Kier molecular flexibility index (Phi) is 8.33. The van der Waals surface area contributed by atoms with E-state index >= 15 is 0 Å². The van der Waals surface area contributed by atoms with Crippen LogP contribution in [0.4, 0.5) is 0 Å². The van der Waals surface area contributed by atoms with E-state index in [1.54, 1.807) is 20.4 Å². The first-order valence-electron chi connectivity index (χ1n) is 15.2. The van der Waals surface area contributed by atoms with Gasteiger partial charge in [0, 0.05) is 66.6 Å². The monoisotopic (exact) mass is 661 g/mol. The lowest BCUT2D eigenvalue weighted by atomic mass is 9.95. The largest absolute Gasteiger partial charge is 0.481 e. The van der Waals surface area contributed by atoms with E-state index in [0.717, 1.165) is 40.7 Å². The van der Waals surface area contributed by atoms with Gasteiger partial charge in [-0.25, -0.2) is 9.97 Å². The maximum Gasteiger partial charge on any atom is 0.309 e. The molecule has 46 heavy (non-hydrogen) atoms. The molecular weight excluding hydrogens is 629 g/mol. The number of fused-ring (bicyclic) bond motifs is 1. The lowest BCUT2D eigenvalue weighted by Gasteiger charge is -2.41. The number of aliphatic hydroxyl groups is 1. The van der Waals surface area contributed by atoms with E-state index in [1.807, 2.05) is 36.4 Å². The highest BCUT2D eigenvalue weighted by Gasteiger charge is 2.41. The Balaban J connectivity index is 1.20. The van der Waals surface area contributed by atoms with Gasteiger partial charge in [0.15, 0.2) is 0 Å². The molecule has 2 aromatic heterocycles. The summed E-state index contributed by atoms with van der Waals surface area (Å²) in [5.41, 5.74) is 7.06. The third-order valence-electron chi connectivity index (χ3n) is 9.18. The average molecular weight is 663 g/mol. The molecule has 0 bridgehead atoms. The second kappa shape index (κ2) is 12.4. The van der Waals surface area contributed by atoms with Crippen molar-refractivity contribution in [3.63, 3.8) is 0 Å². The predicted octanol–water partition coefficient (Wildman–Crippen LogP) is 5.38. The molecule has 2 fully saturated rings. The Bertz CT molecular complexity index is 1830. The van der Waals surface area contributed by atoms with E-state index < -0.39 is 5.97 Å². The van der Waals surface area contributed by atoms with Crippen LogP contribution in [0, 0.1) is 5.92 Å². The average Bonchev–Trinajstić information content (AvgIpc) is 3.43. The fourth-order valence-electron chi connectivity index (χ4n) is 6.72. The number of ether oxygens (including phenoxy) is 2. The second-order valence-electron chi connectivity index (χ2n) is 12.0. The van der Waals surface area contributed by atoms with Gasteiger partial charge in [0.25, 0.3) is 0 Å². The van der Waals surface area contributed by atoms with Crippen molar-refractivity contribution in [2.75, 3.05) is 40.4 Å². The number of rotatable bonds is 9. The summed E-state index contributed by atoms with van der Waals surface area (Å²) in [4.78, 5) is 29.9. The van der Waals surface area contributed by atoms with Gasteiger partial charge in [-0.15, -0.1) is 0 Å². The van der Waals surface area contributed by atoms with E-state index in [-0.39, 0.29) is 18.1 Å². The van der Waals surface area contributed by atoms with Crippen molar-refractivity contribution < 1.29 is 24.5 Å². The molecule has 4 heterocycles. The summed E-state index contributed by atoms with van der Waals surface area (Å²) in [5, 5.41) is 20.0. The molecule has 4 aromatic rings. The SMILES string of the molecule is COc1nc(-c2cccc(-c3cccc(-c4cc5c(c(OC)n4)C(N4CC(C(=O)O)C4)CC5)c3Cl)c2Cl)cnc1CN1CC(O)C1. The van der Waals surface area contributed by atoms with Gasteiger partial charge in [-0.1, -0.05) is 59.6 Å². The maximum absolute atomic E-state index is 11.4. The molecular formula is C34H33Cl2N5O5. The maximum atomic E-state index is 11.4. The topological polar surface area (TPSA) is 121 Å². The number of aryl methyl sites for hydroxylation is 1. The molecule has 1 aliphatic carbocycles. The molecule has 0 saturated carbocycles. The highest BCUT2D eigenvalue weighted by atomic mass is 35.5. The number of likely N-dealkylation sites (tertiary alicyclic amines) is 2. The van der Waals surface area contributed by atoms with Gasteiger partial charge in [0.1, 0.15) is 5.69 Å². The van der Waals surface area contributed by atoms with E-state index in [9.17, 15) is 15.0 Å². The normalized spacial score (nSPS) is 18.6. The molecule has 238 valence electrons. The zero-order valence-corrected chi connectivity index (χ0v) is 26.9. The zero-order valence-electron chi connectivity index (χ0n) is 25.4. The van der Waals surface area contributed by atoms with Gasteiger partial charge >= 0.3 is 5.97 Å². The van der Waals surface area contributed by atoms with Crippen LogP contribution in [-0.4, -0.2) is 87.4 Å². The van der Waals surface area contributed by atoms with Gasteiger partial charge in [-0.05, 0) is 24.5 Å². The quantitative estimate of drug-likeness (QED) is 0.242. The Morgan fingerprint density at radius 2 is 1.52 bits per heavy atom. The Morgan fingerprint density at radius 3 is 2.13 bits per heavy atom. The first kappa shape index (κ1) is 30.8. The number of carbonyl (C=O) groups is 1. The number of pyridine rings is 1. The van der Waals surface area contributed by atoms with E-state index in [1.165, 1.54) is 0 Å². The van der Waals surface area contributed by atoms with E-state index in [0.29, 0.717) is 77.2 Å². The summed E-state index contributed by atoms with van der Waals surface area (Å²) >= 11 is 14.2. The third kappa shape index (κ3) is 5.48. The molecule has 3 aliphatic rings. The van der Waals surface area contributed by atoms with Crippen LogP contribution < -0.4 is 9.47 Å². The fourth-order valence-corrected chi connectivity index (χ4v) is 7.37. The van der Waals surface area contributed by atoms with Crippen LogP contribution in [0.15, 0.2) is 48.7 Å². The summed E-state index contributed by atoms with van der Waals surface area (Å²) < 4.78 is 11.4. The summed E-state index contributed by atoms with van der Waals surface area (Å²) in [6.07, 6.45) is 3.11. The number of aliphatic carboxylic acids is 1. The van der Waals surface area contributed by atoms with Gasteiger partial charge < -0.3 is 19.7 Å². The number of carboxylic acid groups (broad SMARTS) is 1. The molecule has 0 radical (unpaired) electrons. The van der Waals surface area contributed by atoms with Crippen molar-refractivity contribution in [3.8, 4) is 45.4 Å². The lowest BCUT2D eigenvalue weighted by Crippen LogP contribution is -2.51. The van der Waals surface area contributed by atoms with Crippen LogP contribution in [0.3, 0.4) is 0 Å². The van der Waals surface area contributed by atoms with Crippen LogP contribution >= 0.6 is 23.2 Å². The van der Waals surface area contributed by atoms with E-state index in [2.05, 4.69) is 20.9 Å². The smallest absolute Gasteiger partial charge is 0.309 e. The van der Waals surface area contributed by atoms with Gasteiger partial charge in [0.05, 0.1) is 53.9 Å². The third-order valence-corrected chi connectivity index (χ3v) is 9.99. The zero-order chi connectivity index (χ0) is 32.1. The van der Waals surface area contributed by atoms with Crippen LogP contribution in [0.1, 0.15) is 29.3 Å². The highest BCUT2D eigenvalue weighted by Crippen LogP contribution is 2.47. The molecule has 1 atom stereocenters. The lowest BCUT2D eigenvalue weighted by molar-refractivity contribution is -0.148. The van der Waals surface area contributed by atoms with Crippen LogP contribution in [-0.2, 0) is 17.8 Å². The number of aromatic nitrogens is 3. The van der Waals surface area contributed by atoms with Crippen LogP contribution in [0.2, 0.25) is 10.0 Å². The fraction of sp³-hybridized carbons (Fsp3) is 0.353. The number of carboxylic acids is 1. The molecule has 7 rings (SSSR count). The summed E-state index contributed by atoms with van der Waals surface area (Å²) in [6.45, 7) is 2.80. The van der Waals surface area contributed by atoms with E-state index in [4.69, 9.17) is 42.6 Å². The Morgan fingerprint density at radius 1 is 0.913 bits per heavy atom.